The summed E-state index contributed by atoms with van der Waals surface area (Å²) in [5, 5.41) is 15.6. The molecule has 0 aliphatic rings. The van der Waals surface area contributed by atoms with Gasteiger partial charge < -0.3 is 0 Å². The number of hydrogen-bond acceptors (Lipinski definition) is 4. The van der Waals surface area contributed by atoms with Gasteiger partial charge in [-0.25, -0.2) is 5.43 Å². The van der Waals surface area contributed by atoms with Gasteiger partial charge in [-0.3, -0.25) is 10.1 Å². The zero-order valence-electron chi connectivity index (χ0n) is 13.7. The highest BCUT2D eigenvalue weighted by atomic mass is 35.5. The molecule has 0 saturated heterocycles. The minimum Gasteiger partial charge on any atom is -0.294 e. The smallest absolute Gasteiger partial charge is 0.243 e. The normalized spacial score (nSPS) is 11.4. The Balaban J connectivity index is 0.00000338. The number of nitrogens with one attached hydrogen (secondary N) is 2. The van der Waals surface area contributed by atoms with Gasteiger partial charge in [-0.05, 0) is 35.4 Å². The summed E-state index contributed by atoms with van der Waals surface area (Å²) in [6.07, 6.45) is 3.10. The molecule has 9 heteroatoms. The van der Waals surface area contributed by atoms with Crippen molar-refractivity contribution in [3.05, 3.63) is 69.7 Å². The first-order valence-electron chi connectivity index (χ1n) is 7.22. The van der Waals surface area contributed by atoms with Crippen molar-refractivity contribution >= 4 is 59.9 Å². The van der Waals surface area contributed by atoms with Crippen LogP contribution in [0.15, 0.2) is 63.8 Å². The maximum Gasteiger partial charge on any atom is 0.243 e. The second kappa shape index (κ2) is 11.3. The van der Waals surface area contributed by atoms with Gasteiger partial charge >= 0.3 is 0 Å². The zero-order chi connectivity index (χ0) is 18.1. The third kappa shape index (κ3) is 8.11. The fourth-order valence-corrected chi connectivity index (χ4v) is 1.91. The molecular formula is C17H16Cl3N5O. The summed E-state index contributed by atoms with van der Waals surface area (Å²) in [5.41, 5.74) is 4.29. The molecule has 0 bridgehead atoms. The molecule has 136 valence electrons. The highest BCUT2D eigenvalue weighted by molar-refractivity contribution is 6.30. The van der Waals surface area contributed by atoms with E-state index in [-0.39, 0.29) is 24.3 Å². The van der Waals surface area contributed by atoms with Crippen LogP contribution in [0, 0.1) is 0 Å². The number of nitrogens with zero attached hydrogens (tertiary/aromatic N) is 3. The molecule has 0 spiro atoms. The Morgan fingerprint density at radius 1 is 0.923 bits per heavy atom. The summed E-state index contributed by atoms with van der Waals surface area (Å²) in [4.78, 5) is 11.2. The van der Waals surface area contributed by atoms with Crippen molar-refractivity contribution in [2.45, 2.75) is 6.92 Å². The zero-order valence-corrected chi connectivity index (χ0v) is 16.0. The number of halogens is 3. The number of hydrazone groups is 1. The van der Waals surface area contributed by atoms with Gasteiger partial charge in [-0.2, -0.15) is 10.2 Å². The van der Waals surface area contributed by atoms with Gasteiger partial charge in [0, 0.05) is 17.0 Å². The lowest BCUT2D eigenvalue weighted by molar-refractivity contribution is -0.117. The molecule has 0 unspecified atom stereocenters. The van der Waals surface area contributed by atoms with E-state index in [1.165, 1.54) is 13.1 Å². The first-order valence-corrected chi connectivity index (χ1v) is 7.97. The van der Waals surface area contributed by atoms with E-state index < -0.39 is 0 Å². The maximum atomic E-state index is 11.2. The SMILES string of the molecule is CC(=O)NC(=NN=Cc1ccc(Cl)cc1)NN=Cc1ccc(Cl)cc1.Cl. The van der Waals surface area contributed by atoms with Crippen LogP contribution in [-0.4, -0.2) is 24.3 Å². The first kappa shape index (κ1) is 21.6. The Labute approximate surface area is 167 Å². The molecule has 0 fully saturated rings. The molecule has 0 aliphatic heterocycles. The average molecular weight is 413 g/mol. The molecule has 0 radical (unpaired) electrons. The Bertz CT molecular complexity index is 802. The monoisotopic (exact) mass is 411 g/mol. The number of guanidine groups is 1. The molecule has 0 atom stereocenters. The van der Waals surface area contributed by atoms with Crippen LogP contribution in [-0.2, 0) is 4.79 Å². The quantitative estimate of drug-likeness (QED) is 0.454. The topological polar surface area (TPSA) is 78.2 Å². The number of carbonyl (C=O) groups is 1. The summed E-state index contributed by atoms with van der Waals surface area (Å²) >= 11 is 11.6. The summed E-state index contributed by atoms with van der Waals surface area (Å²) in [6, 6.07) is 14.2. The third-order valence-electron chi connectivity index (χ3n) is 2.78. The molecular weight excluding hydrogens is 397 g/mol. The van der Waals surface area contributed by atoms with E-state index in [4.69, 9.17) is 23.2 Å². The predicted molar refractivity (Wildman–Crippen MR) is 110 cm³/mol. The van der Waals surface area contributed by atoms with Gasteiger partial charge in [0.25, 0.3) is 0 Å². The van der Waals surface area contributed by atoms with Crippen molar-refractivity contribution in [1.82, 2.24) is 10.7 Å². The van der Waals surface area contributed by atoms with E-state index >= 15 is 0 Å². The Kier molecular flexibility index (Phi) is 9.36. The molecule has 2 aromatic rings. The van der Waals surface area contributed by atoms with Crippen molar-refractivity contribution in [1.29, 1.82) is 0 Å². The molecule has 2 rings (SSSR count). The maximum absolute atomic E-state index is 11.2. The van der Waals surface area contributed by atoms with Crippen LogP contribution in [0.25, 0.3) is 0 Å². The van der Waals surface area contributed by atoms with Crippen molar-refractivity contribution in [2.75, 3.05) is 0 Å². The van der Waals surface area contributed by atoms with Gasteiger partial charge in [-0.1, -0.05) is 47.5 Å². The van der Waals surface area contributed by atoms with Crippen LogP contribution < -0.4 is 10.7 Å². The van der Waals surface area contributed by atoms with Gasteiger partial charge in [-0.15, -0.1) is 17.5 Å². The largest absolute Gasteiger partial charge is 0.294 e. The molecule has 2 N–H and O–H groups in total. The third-order valence-corrected chi connectivity index (χ3v) is 3.29. The average Bonchev–Trinajstić information content (AvgIpc) is 2.58. The highest BCUT2D eigenvalue weighted by Crippen LogP contribution is 2.08. The van der Waals surface area contributed by atoms with Crippen LogP contribution in [0.2, 0.25) is 10.0 Å². The molecule has 0 aromatic heterocycles. The Hall–Kier alpha value is -2.41. The second-order valence-electron chi connectivity index (χ2n) is 4.85. The fraction of sp³-hybridized carbons (Fsp3) is 0.0588. The van der Waals surface area contributed by atoms with E-state index in [1.807, 2.05) is 0 Å². The van der Waals surface area contributed by atoms with Crippen molar-refractivity contribution < 1.29 is 4.79 Å². The summed E-state index contributed by atoms with van der Waals surface area (Å²) < 4.78 is 0. The van der Waals surface area contributed by atoms with E-state index in [1.54, 1.807) is 54.7 Å². The molecule has 1 amide bonds. The van der Waals surface area contributed by atoms with Gasteiger partial charge in [0.2, 0.25) is 11.9 Å². The van der Waals surface area contributed by atoms with Crippen LogP contribution in [0.3, 0.4) is 0 Å². The summed E-state index contributed by atoms with van der Waals surface area (Å²) in [7, 11) is 0. The van der Waals surface area contributed by atoms with Crippen molar-refractivity contribution in [2.24, 2.45) is 15.3 Å². The number of carbonyl (C=O) groups excluding carboxylic acids is 1. The lowest BCUT2D eigenvalue weighted by atomic mass is 10.2. The number of hydrogen-bond donors (Lipinski definition) is 2. The van der Waals surface area contributed by atoms with Gasteiger partial charge in [0.1, 0.15) is 0 Å². The molecule has 26 heavy (non-hydrogen) atoms. The molecule has 6 nitrogen and oxygen atoms in total. The molecule has 2 aromatic carbocycles. The second-order valence-corrected chi connectivity index (χ2v) is 5.72. The van der Waals surface area contributed by atoms with E-state index in [0.29, 0.717) is 10.0 Å². The molecule has 0 aliphatic carbocycles. The number of amides is 1. The lowest BCUT2D eigenvalue weighted by Crippen LogP contribution is -2.37. The first-order chi connectivity index (χ1) is 12.0. The van der Waals surface area contributed by atoms with Crippen LogP contribution >= 0.6 is 35.6 Å². The minimum atomic E-state index is -0.297. The Morgan fingerprint density at radius 2 is 1.42 bits per heavy atom. The minimum absolute atomic E-state index is 0. The molecule has 0 saturated carbocycles. The van der Waals surface area contributed by atoms with Crippen LogP contribution in [0.4, 0.5) is 0 Å². The van der Waals surface area contributed by atoms with Crippen molar-refractivity contribution in [3.8, 4) is 0 Å². The van der Waals surface area contributed by atoms with Gasteiger partial charge in [0.15, 0.2) is 0 Å². The summed E-state index contributed by atoms with van der Waals surface area (Å²) in [5.74, 6) is -0.197. The van der Waals surface area contributed by atoms with E-state index in [2.05, 4.69) is 26.0 Å². The standard InChI is InChI=1S/C17H15Cl2N5O.ClH/c1-12(25)22-17(23-20-10-13-2-6-15(18)7-3-13)24-21-11-14-4-8-16(19)9-5-14;/h2-11H,1H3,(H2,22,23,24,25);1H. The number of benzene rings is 2. The van der Waals surface area contributed by atoms with Gasteiger partial charge in [0.05, 0.1) is 12.4 Å². The summed E-state index contributed by atoms with van der Waals surface area (Å²) in [6.45, 7) is 1.36. The van der Waals surface area contributed by atoms with Crippen LogP contribution in [0.5, 0.6) is 0 Å². The highest BCUT2D eigenvalue weighted by Gasteiger charge is 1.99. The number of rotatable bonds is 4. The van der Waals surface area contributed by atoms with E-state index in [9.17, 15) is 4.79 Å². The molecule has 0 heterocycles. The van der Waals surface area contributed by atoms with E-state index in [0.717, 1.165) is 11.1 Å². The fourth-order valence-electron chi connectivity index (χ4n) is 1.66. The lowest BCUT2D eigenvalue weighted by Gasteiger charge is -2.03. The van der Waals surface area contributed by atoms with Crippen LogP contribution in [0.1, 0.15) is 18.1 Å². The van der Waals surface area contributed by atoms with Crippen molar-refractivity contribution in [3.63, 3.8) is 0 Å². The predicted octanol–water partition coefficient (Wildman–Crippen LogP) is 3.86. The Morgan fingerprint density at radius 3 is 1.92 bits per heavy atom.